The molecular weight excluding hydrogens is 392 g/mol. The molecule has 0 bridgehead atoms. The molecule has 1 heterocycles. The van der Waals surface area contributed by atoms with Crippen molar-refractivity contribution in [3.8, 4) is 0 Å². The zero-order valence-electron chi connectivity index (χ0n) is 18.0. The van der Waals surface area contributed by atoms with E-state index in [-0.39, 0.29) is 5.41 Å². The molecule has 0 radical (unpaired) electrons. The second-order valence-electron chi connectivity index (χ2n) is 9.09. The second kappa shape index (κ2) is 8.14. The summed E-state index contributed by atoms with van der Waals surface area (Å²) in [5, 5.41) is 2.52. The molecule has 3 aromatic rings. The molecule has 1 saturated heterocycles. The van der Waals surface area contributed by atoms with Crippen LogP contribution in [-0.4, -0.2) is 43.8 Å². The molecule has 0 atom stereocenters. The van der Waals surface area contributed by atoms with Crippen molar-refractivity contribution in [2.45, 2.75) is 37.6 Å². The Labute approximate surface area is 180 Å². The first kappa shape index (κ1) is 21.0. The van der Waals surface area contributed by atoms with Gasteiger partial charge >= 0.3 is 0 Å². The normalized spacial score (nSPS) is 16.8. The summed E-state index contributed by atoms with van der Waals surface area (Å²) >= 11 is 0. The van der Waals surface area contributed by atoms with Crippen molar-refractivity contribution in [3.05, 3.63) is 77.9 Å². The zero-order valence-corrected chi connectivity index (χ0v) is 18.8. The predicted octanol–water partition coefficient (Wildman–Crippen LogP) is 4.64. The van der Waals surface area contributed by atoms with Crippen LogP contribution in [0.1, 0.15) is 31.9 Å². The number of benzene rings is 3. The third-order valence-electron chi connectivity index (χ3n) is 5.96. The molecule has 0 amide bonds. The Morgan fingerprint density at radius 3 is 2.10 bits per heavy atom. The van der Waals surface area contributed by atoms with Gasteiger partial charge in [0.05, 0.1) is 4.90 Å². The van der Waals surface area contributed by atoms with Gasteiger partial charge in [0.1, 0.15) is 0 Å². The molecule has 1 aliphatic rings. The molecule has 4 nitrogen and oxygen atoms in total. The minimum atomic E-state index is -3.45. The van der Waals surface area contributed by atoms with Crippen molar-refractivity contribution >= 4 is 20.8 Å². The average Bonchev–Trinajstić information content (AvgIpc) is 2.74. The first-order valence-corrected chi connectivity index (χ1v) is 12.0. The number of nitrogens with zero attached hydrogens (tertiary/aromatic N) is 2. The lowest BCUT2D eigenvalue weighted by molar-refractivity contribution is 0.182. The van der Waals surface area contributed by atoms with Crippen LogP contribution in [0.25, 0.3) is 10.8 Å². The molecule has 1 aliphatic heterocycles. The van der Waals surface area contributed by atoms with Gasteiger partial charge in [-0.3, -0.25) is 4.90 Å². The Morgan fingerprint density at radius 2 is 1.43 bits per heavy atom. The Morgan fingerprint density at radius 1 is 0.800 bits per heavy atom. The lowest BCUT2D eigenvalue weighted by Gasteiger charge is -2.34. The standard InChI is InChI=1S/C25H30N2O2S/c1-25(2,3)22-11-13-23(14-12-22)30(28,29)27-17-15-26(16-18-27)19-21-9-6-8-20-7-4-5-10-24(20)21/h4-14H,15-19H2,1-3H3. The molecular formula is C25H30N2O2S. The van der Waals surface area contributed by atoms with E-state index in [0.29, 0.717) is 18.0 Å². The van der Waals surface area contributed by atoms with E-state index < -0.39 is 10.0 Å². The van der Waals surface area contributed by atoms with Gasteiger partial charge < -0.3 is 0 Å². The number of rotatable bonds is 4. The number of piperazine rings is 1. The van der Waals surface area contributed by atoms with Crippen LogP contribution >= 0.6 is 0 Å². The second-order valence-corrected chi connectivity index (χ2v) is 11.0. The minimum Gasteiger partial charge on any atom is -0.296 e. The van der Waals surface area contributed by atoms with E-state index in [2.05, 4.69) is 68.1 Å². The van der Waals surface area contributed by atoms with Crippen LogP contribution in [0.2, 0.25) is 0 Å². The highest BCUT2D eigenvalue weighted by Crippen LogP contribution is 2.26. The molecule has 0 spiro atoms. The molecule has 1 fully saturated rings. The maximum absolute atomic E-state index is 13.1. The van der Waals surface area contributed by atoms with E-state index in [9.17, 15) is 8.42 Å². The van der Waals surface area contributed by atoms with Gasteiger partial charge in [-0.15, -0.1) is 0 Å². The lowest BCUT2D eigenvalue weighted by Crippen LogP contribution is -2.48. The van der Waals surface area contributed by atoms with Crippen LogP contribution < -0.4 is 0 Å². The topological polar surface area (TPSA) is 40.6 Å². The van der Waals surface area contributed by atoms with Crippen LogP contribution in [0, 0.1) is 0 Å². The molecule has 3 aromatic carbocycles. The third kappa shape index (κ3) is 4.29. The van der Waals surface area contributed by atoms with Crippen LogP contribution in [0.4, 0.5) is 0 Å². The summed E-state index contributed by atoms with van der Waals surface area (Å²) in [4.78, 5) is 2.73. The first-order valence-electron chi connectivity index (χ1n) is 10.5. The van der Waals surface area contributed by atoms with Crippen LogP contribution in [0.5, 0.6) is 0 Å². The van der Waals surface area contributed by atoms with Gasteiger partial charge in [0.15, 0.2) is 0 Å². The fourth-order valence-corrected chi connectivity index (χ4v) is 5.50. The SMILES string of the molecule is CC(C)(C)c1ccc(S(=O)(=O)N2CCN(Cc3cccc4ccccc34)CC2)cc1. The van der Waals surface area contributed by atoms with Crippen molar-refractivity contribution in [2.24, 2.45) is 0 Å². The molecule has 0 N–H and O–H groups in total. The van der Waals surface area contributed by atoms with Crippen molar-refractivity contribution in [3.63, 3.8) is 0 Å². The monoisotopic (exact) mass is 422 g/mol. The summed E-state index contributed by atoms with van der Waals surface area (Å²) < 4.78 is 27.8. The van der Waals surface area contributed by atoms with E-state index in [1.165, 1.54) is 16.3 Å². The third-order valence-corrected chi connectivity index (χ3v) is 7.88. The summed E-state index contributed by atoms with van der Waals surface area (Å²) in [5.74, 6) is 0. The van der Waals surface area contributed by atoms with Gasteiger partial charge in [-0.05, 0) is 39.4 Å². The average molecular weight is 423 g/mol. The molecule has 5 heteroatoms. The van der Waals surface area contributed by atoms with Gasteiger partial charge in [-0.1, -0.05) is 75.4 Å². The van der Waals surface area contributed by atoms with Crippen molar-refractivity contribution < 1.29 is 8.42 Å². The molecule has 158 valence electrons. The van der Waals surface area contributed by atoms with E-state index >= 15 is 0 Å². The number of hydrogen-bond acceptors (Lipinski definition) is 3. The maximum atomic E-state index is 13.1. The summed E-state index contributed by atoms with van der Waals surface area (Å²) in [7, 11) is -3.45. The van der Waals surface area contributed by atoms with Crippen molar-refractivity contribution in [1.29, 1.82) is 0 Å². The molecule has 0 aromatic heterocycles. The highest BCUT2D eigenvalue weighted by atomic mass is 32.2. The fourth-order valence-electron chi connectivity index (χ4n) is 4.08. The Bertz CT molecular complexity index is 1120. The quantitative estimate of drug-likeness (QED) is 0.615. The molecule has 30 heavy (non-hydrogen) atoms. The highest BCUT2D eigenvalue weighted by molar-refractivity contribution is 7.89. The number of hydrogen-bond donors (Lipinski definition) is 0. The van der Waals surface area contributed by atoms with E-state index in [4.69, 9.17) is 0 Å². The van der Waals surface area contributed by atoms with Crippen molar-refractivity contribution in [1.82, 2.24) is 9.21 Å². The van der Waals surface area contributed by atoms with E-state index in [1.54, 1.807) is 16.4 Å². The van der Waals surface area contributed by atoms with Gasteiger partial charge in [-0.2, -0.15) is 4.31 Å². The lowest BCUT2D eigenvalue weighted by atomic mass is 9.87. The maximum Gasteiger partial charge on any atom is 0.243 e. The summed E-state index contributed by atoms with van der Waals surface area (Å²) in [6, 6.07) is 22.2. The van der Waals surface area contributed by atoms with Crippen molar-refractivity contribution in [2.75, 3.05) is 26.2 Å². The van der Waals surface area contributed by atoms with Crippen LogP contribution in [0.3, 0.4) is 0 Å². The zero-order chi connectivity index (χ0) is 21.4. The molecule has 0 saturated carbocycles. The summed E-state index contributed by atoms with van der Waals surface area (Å²) in [6.07, 6.45) is 0. The van der Waals surface area contributed by atoms with Crippen LogP contribution in [0.15, 0.2) is 71.6 Å². The predicted molar refractivity (Wildman–Crippen MR) is 123 cm³/mol. The van der Waals surface area contributed by atoms with E-state index in [1.807, 2.05) is 12.1 Å². The summed E-state index contributed by atoms with van der Waals surface area (Å²) in [5.41, 5.74) is 2.44. The van der Waals surface area contributed by atoms with Gasteiger partial charge in [0.25, 0.3) is 0 Å². The Balaban J connectivity index is 1.43. The van der Waals surface area contributed by atoms with E-state index in [0.717, 1.165) is 25.2 Å². The fraction of sp³-hybridized carbons (Fsp3) is 0.360. The molecule has 0 unspecified atom stereocenters. The molecule has 4 rings (SSSR count). The van der Waals surface area contributed by atoms with Gasteiger partial charge in [0, 0.05) is 32.7 Å². The van der Waals surface area contributed by atoms with Gasteiger partial charge in [0.2, 0.25) is 10.0 Å². The Kier molecular flexibility index (Phi) is 5.71. The Hall–Kier alpha value is -2.21. The number of sulfonamides is 1. The van der Waals surface area contributed by atoms with Crippen LogP contribution in [-0.2, 0) is 22.0 Å². The highest BCUT2D eigenvalue weighted by Gasteiger charge is 2.29. The summed E-state index contributed by atoms with van der Waals surface area (Å²) in [6.45, 7) is 9.76. The molecule has 0 aliphatic carbocycles. The van der Waals surface area contributed by atoms with Gasteiger partial charge in [-0.25, -0.2) is 8.42 Å². The smallest absolute Gasteiger partial charge is 0.243 e. The first-order chi connectivity index (χ1) is 14.2. The minimum absolute atomic E-state index is 0.00945. The number of fused-ring (bicyclic) bond motifs is 1. The largest absolute Gasteiger partial charge is 0.296 e.